The van der Waals surface area contributed by atoms with E-state index in [4.69, 9.17) is 13.6 Å². The van der Waals surface area contributed by atoms with Crippen molar-refractivity contribution < 1.29 is 18.4 Å². The second-order valence-corrected chi connectivity index (χ2v) is 7.12. The SMILES string of the molecule is O=C(OCc1cc(=O)oc2cc3c(cc12)CCC3)c1cc2ccccc2oc1=O. The Hall–Kier alpha value is -3.67. The lowest BCUT2D eigenvalue weighted by Crippen LogP contribution is -2.16. The summed E-state index contributed by atoms with van der Waals surface area (Å²) >= 11 is 0. The van der Waals surface area contributed by atoms with Crippen LogP contribution in [0.25, 0.3) is 21.9 Å². The third-order valence-electron chi connectivity index (χ3n) is 5.26. The highest BCUT2D eigenvalue weighted by Gasteiger charge is 2.18. The van der Waals surface area contributed by atoms with Gasteiger partial charge in [0, 0.05) is 22.4 Å². The molecular weight excluding hydrogens is 372 g/mol. The van der Waals surface area contributed by atoms with Crippen molar-refractivity contribution in [2.45, 2.75) is 25.9 Å². The summed E-state index contributed by atoms with van der Waals surface area (Å²) in [6.45, 7) is -0.147. The topological polar surface area (TPSA) is 86.7 Å². The molecule has 0 amide bonds. The van der Waals surface area contributed by atoms with Crippen LogP contribution < -0.4 is 11.3 Å². The van der Waals surface area contributed by atoms with E-state index in [9.17, 15) is 14.4 Å². The van der Waals surface area contributed by atoms with E-state index in [1.54, 1.807) is 24.3 Å². The molecule has 6 heteroatoms. The molecule has 0 saturated carbocycles. The van der Waals surface area contributed by atoms with E-state index in [0.717, 1.165) is 24.6 Å². The van der Waals surface area contributed by atoms with Gasteiger partial charge in [0.2, 0.25) is 0 Å². The minimum absolute atomic E-state index is 0.147. The van der Waals surface area contributed by atoms with Crippen LogP contribution in [0.2, 0.25) is 0 Å². The molecule has 144 valence electrons. The molecule has 0 spiro atoms. The Morgan fingerprint density at radius 1 is 0.931 bits per heavy atom. The fourth-order valence-electron chi connectivity index (χ4n) is 3.84. The molecule has 0 fully saturated rings. The number of esters is 1. The monoisotopic (exact) mass is 388 g/mol. The standard InChI is InChI=1S/C23H16O6/c24-21-11-16(17-8-13-5-3-6-14(13)10-20(17)28-21)12-27-22(25)18-9-15-4-1-2-7-19(15)29-23(18)26/h1-2,4,7-11H,3,5-6,12H2. The van der Waals surface area contributed by atoms with Gasteiger partial charge in [-0.25, -0.2) is 14.4 Å². The average molecular weight is 388 g/mol. The Morgan fingerprint density at radius 2 is 1.72 bits per heavy atom. The number of aryl methyl sites for hydroxylation is 2. The van der Waals surface area contributed by atoms with Crippen LogP contribution in [0.3, 0.4) is 0 Å². The first kappa shape index (κ1) is 17.4. The number of benzene rings is 2. The summed E-state index contributed by atoms with van der Waals surface area (Å²) in [6, 6.07) is 13.6. The molecular formula is C23H16O6. The maximum atomic E-state index is 12.5. The summed E-state index contributed by atoms with van der Waals surface area (Å²) < 4.78 is 15.9. The van der Waals surface area contributed by atoms with Crippen molar-refractivity contribution in [3.05, 3.63) is 91.6 Å². The summed E-state index contributed by atoms with van der Waals surface area (Å²) in [5.41, 5.74) is 2.37. The first-order valence-corrected chi connectivity index (χ1v) is 9.37. The lowest BCUT2D eigenvalue weighted by atomic mass is 10.0. The fourth-order valence-corrected chi connectivity index (χ4v) is 3.84. The first-order chi connectivity index (χ1) is 14.1. The van der Waals surface area contributed by atoms with Crippen LogP contribution in [0.15, 0.2) is 67.0 Å². The molecule has 2 aromatic heterocycles. The highest BCUT2D eigenvalue weighted by molar-refractivity contribution is 5.93. The molecule has 29 heavy (non-hydrogen) atoms. The Labute approximate surface area is 164 Å². The maximum absolute atomic E-state index is 12.5. The average Bonchev–Trinajstić information content (AvgIpc) is 3.17. The van der Waals surface area contributed by atoms with E-state index >= 15 is 0 Å². The van der Waals surface area contributed by atoms with Crippen LogP contribution in [0, 0.1) is 0 Å². The van der Waals surface area contributed by atoms with Crippen molar-refractivity contribution in [2.75, 3.05) is 0 Å². The minimum atomic E-state index is -0.799. The van der Waals surface area contributed by atoms with Gasteiger partial charge < -0.3 is 13.6 Å². The molecule has 0 radical (unpaired) electrons. The zero-order valence-electron chi connectivity index (χ0n) is 15.4. The van der Waals surface area contributed by atoms with Gasteiger partial charge in [-0.15, -0.1) is 0 Å². The molecule has 1 aliphatic rings. The molecule has 5 rings (SSSR count). The molecule has 4 aromatic rings. The van der Waals surface area contributed by atoms with Gasteiger partial charge in [-0.1, -0.05) is 18.2 Å². The number of fused-ring (bicyclic) bond motifs is 3. The molecule has 0 atom stereocenters. The second kappa shape index (κ2) is 6.74. The van der Waals surface area contributed by atoms with Crippen LogP contribution in [0.1, 0.15) is 33.5 Å². The van der Waals surface area contributed by atoms with Crippen molar-refractivity contribution in [3.63, 3.8) is 0 Å². The molecule has 0 bridgehead atoms. The van der Waals surface area contributed by atoms with Crippen molar-refractivity contribution in [3.8, 4) is 0 Å². The van der Waals surface area contributed by atoms with Gasteiger partial charge in [0.1, 0.15) is 23.3 Å². The third-order valence-corrected chi connectivity index (χ3v) is 5.26. The molecule has 1 aliphatic carbocycles. The van der Waals surface area contributed by atoms with Crippen LogP contribution >= 0.6 is 0 Å². The maximum Gasteiger partial charge on any atom is 0.351 e. The van der Waals surface area contributed by atoms with E-state index in [2.05, 4.69) is 0 Å². The van der Waals surface area contributed by atoms with E-state index < -0.39 is 17.2 Å². The largest absolute Gasteiger partial charge is 0.457 e. The van der Waals surface area contributed by atoms with Crippen molar-refractivity contribution in [1.29, 1.82) is 0 Å². The number of hydrogen-bond donors (Lipinski definition) is 0. The Bertz CT molecular complexity index is 1390. The predicted octanol–water partition coefficient (Wildman–Crippen LogP) is 3.75. The zero-order chi connectivity index (χ0) is 20.0. The smallest absolute Gasteiger partial charge is 0.351 e. The Morgan fingerprint density at radius 3 is 2.59 bits per heavy atom. The predicted molar refractivity (Wildman–Crippen MR) is 106 cm³/mol. The Kier molecular flexibility index (Phi) is 4.05. The van der Waals surface area contributed by atoms with Gasteiger partial charge in [0.15, 0.2) is 0 Å². The number of ether oxygens (including phenoxy) is 1. The zero-order valence-corrected chi connectivity index (χ0v) is 15.4. The first-order valence-electron chi connectivity index (χ1n) is 9.37. The highest BCUT2D eigenvalue weighted by atomic mass is 16.5. The molecule has 0 unspecified atom stereocenters. The second-order valence-electron chi connectivity index (χ2n) is 7.12. The number of carbonyl (C=O) groups is 1. The van der Waals surface area contributed by atoms with E-state index in [0.29, 0.717) is 22.1 Å². The third kappa shape index (κ3) is 3.12. The molecule has 0 aliphatic heterocycles. The molecule has 0 N–H and O–H groups in total. The minimum Gasteiger partial charge on any atom is -0.457 e. The summed E-state index contributed by atoms with van der Waals surface area (Å²) in [5.74, 6) is -0.799. The van der Waals surface area contributed by atoms with E-state index in [-0.39, 0.29) is 12.2 Å². The quantitative estimate of drug-likeness (QED) is 0.392. The van der Waals surface area contributed by atoms with Crippen molar-refractivity contribution >= 4 is 27.9 Å². The van der Waals surface area contributed by atoms with Gasteiger partial charge in [0.05, 0.1) is 0 Å². The van der Waals surface area contributed by atoms with Crippen LogP contribution in [-0.2, 0) is 24.2 Å². The van der Waals surface area contributed by atoms with Gasteiger partial charge in [-0.3, -0.25) is 0 Å². The Balaban J connectivity index is 1.48. The number of rotatable bonds is 3. The van der Waals surface area contributed by atoms with Gasteiger partial charge in [0.25, 0.3) is 0 Å². The lowest BCUT2D eigenvalue weighted by Gasteiger charge is -2.09. The summed E-state index contributed by atoms with van der Waals surface area (Å²) in [7, 11) is 0. The van der Waals surface area contributed by atoms with Gasteiger partial charge >= 0.3 is 17.2 Å². The summed E-state index contributed by atoms with van der Waals surface area (Å²) in [5, 5.41) is 1.36. The van der Waals surface area contributed by atoms with Gasteiger partial charge in [-0.2, -0.15) is 0 Å². The van der Waals surface area contributed by atoms with Crippen molar-refractivity contribution in [2.24, 2.45) is 0 Å². The molecule has 2 aromatic carbocycles. The van der Waals surface area contributed by atoms with Crippen LogP contribution in [0.5, 0.6) is 0 Å². The number of para-hydroxylation sites is 1. The summed E-state index contributed by atoms with van der Waals surface area (Å²) in [4.78, 5) is 36.6. The highest BCUT2D eigenvalue weighted by Crippen LogP contribution is 2.28. The van der Waals surface area contributed by atoms with Crippen LogP contribution in [0.4, 0.5) is 0 Å². The number of hydrogen-bond acceptors (Lipinski definition) is 6. The van der Waals surface area contributed by atoms with E-state index in [1.165, 1.54) is 23.3 Å². The lowest BCUT2D eigenvalue weighted by molar-refractivity contribution is 0.0469. The number of carbonyl (C=O) groups excluding carboxylic acids is 1. The molecule has 0 saturated heterocycles. The van der Waals surface area contributed by atoms with Crippen molar-refractivity contribution in [1.82, 2.24) is 0 Å². The van der Waals surface area contributed by atoms with E-state index in [1.807, 2.05) is 12.1 Å². The van der Waals surface area contributed by atoms with Crippen LogP contribution in [-0.4, -0.2) is 5.97 Å². The molecule has 6 nitrogen and oxygen atoms in total. The fraction of sp³-hybridized carbons (Fsp3) is 0.174. The normalized spacial score (nSPS) is 13.0. The summed E-state index contributed by atoms with van der Waals surface area (Å²) in [6.07, 6.45) is 3.01. The molecule has 2 heterocycles. The van der Waals surface area contributed by atoms with Gasteiger partial charge in [-0.05, 0) is 54.7 Å².